The molecule has 94 valence electrons. The van der Waals surface area contributed by atoms with E-state index in [1.54, 1.807) is 12.4 Å². The number of nitrogens with zero attached hydrogens (tertiary/aromatic N) is 4. The summed E-state index contributed by atoms with van der Waals surface area (Å²) in [6, 6.07) is 4.56. The van der Waals surface area contributed by atoms with Crippen LogP contribution in [0.25, 0.3) is 0 Å². The summed E-state index contributed by atoms with van der Waals surface area (Å²) >= 11 is 5.28. The average molecular weight is 261 g/mol. The second-order valence-corrected chi connectivity index (χ2v) is 5.03. The van der Waals surface area contributed by atoms with Crippen LogP contribution < -0.4 is 4.90 Å². The number of pyridine rings is 1. The average Bonchev–Trinajstić information content (AvgIpc) is 3.13. The molecule has 0 aromatic carbocycles. The van der Waals surface area contributed by atoms with E-state index in [1.807, 2.05) is 19.2 Å². The Morgan fingerprint density at radius 1 is 1.44 bits per heavy atom. The van der Waals surface area contributed by atoms with Gasteiger partial charge in [0.2, 0.25) is 5.95 Å². The molecule has 2 heterocycles. The molecule has 0 saturated heterocycles. The number of aromatic nitrogens is 4. The van der Waals surface area contributed by atoms with Crippen LogP contribution in [0.15, 0.2) is 24.5 Å². The van der Waals surface area contributed by atoms with Crippen molar-refractivity contribution in [3.63, 3.8) is 0 Å². The Labute approximate surface area is 110 Å². The first kappa shape index (κ1) is 11.4. The molecule has 0 spiro atoms. The van der Waals surface area contributed by atoms with E-state index in [4.69, 9.17) is 12.2 Å². The fraction of sp³-hybridized carbons (Fsp3) is 0.417. The number of rotatable bonds is 4. The zero-order chi connectivity index (χ0) is 12.5. The zero-order valence-corrected chi connectivity index (χ0v) is 11.0. The Bertz CT molecular complexity index is 584. The number of H-pyrrole nitrogens is 1. The number of hydrogen-bond acceptors (Lipinski definition) is 4. The Kier molecular flexibility index (Phi) is 2.87. The van der Waals surface area contributed by atoms with Gasteiger partial charge < -0.3 is 4.90 Å². The molecule has 2 aromatic rings. The summed E-state index contributed by atoms with van der Waals surface area (Å²) in [6.45, 7) is 0.800. The van der Waals surface area contributed by atoms with Crippen LogP contribution in [-0.4, -0.2) is 26.8 Å². The van der Waals surface area contributed by atoms with Crippen molar-refractivity contribution in [2.75, 3.05) is 11.9 Å². The molecule has 1 N–H and O–H groups in total. The molecule has 0 atom stereocenters. The molecule has 0 aliphatic heterocycles. The third kappa shape index (κ3) is 2.15. The molecule has 1 fully saturated rings. The summed E-state index contributed by atoms with van der Waals surface area (Å²) in [6.07, 6.45) is 6.01. The minimum absolute atomic E-state index is 0.533. The highest BCUT2D eigenvalue weighted by atomic mass is 32.1. The van der Waals surface area contributed by atoms with Gasteiger partial charge in [-0.05, 0) is 42.8 Å². The molecule has 0 radical (unpaired) electrons. The SMILES string of the molecule is CN(Cc1ccncc1)c1n[nH]c(=S)n1C1CC1. The van der Waals surface area contributed by atoms with Gasteiger partial charge in [-0.2, -0.15) is 0 Å². The van der Waals surface area contributed by atoms with Crippen molar-refractivity contribution < 1.29 is 0 Å². The van der Waals surface area contributed by atoms with Gasteiger partial charge in [-0.1, -0.05) is 0 Å². The monoisotopic (exact) mass is 261 g/mol. The third-order valence-corrected chi connectivity index (χ3v) is 3.40. The predicted octanol–water partition coefficient (Wildman–Crippen LogP) is 2.31. The van der Waals surface area contributed by atoms with Crippen molar-refractivity contribution in [1.29, 1.82) is 0 Å². The first-order chi connectivity index (χ1) is 8.75. The van der Waals surface area contributed by atoms with Crippen molar-refractivity contribution in [3.8, 4) is 0 Å². The summed E-state index contributed by atoms with van der Waals surface area (Å²) in [7, 11) is 2.03. The number of aromatic amines is 1. The Balaban J connectivity index is 1.84. The second kappa shape index (κ2) is 4.53. The van der Waals surface area contributed by atoms with Gasteiger partial charge in [0, 0.05) is 32.0 Å². The number of anilines is 1. The smallest absolute Gasteiger partial charge is 0.226 e. The Morgan fingerprint density at radius 3 is 2.83 bits per heavy atom. The molecule has 1 aliphatic carbocycles. The molecule has 0 bridgehead atoms. The van der Waals surface area contributed by atoms with E-state index in [1.165, 1.54) is 18.4 Å². The van der Waals surface area contributed by atoms with E-state index in [0.717, 1.165) is 12.5 Å². The zero-order valence-electron chi connectivity index (χ0n) is 10.2. The van der Waals surface area contributed by atoms with E-state index < -0.39 is 0 Å². The number of hydrogen-bond donors (Lipinski definition) is 1. The minimum atomic E-state index is 0.533. The lowest BCUT2D eigenvalue weighted by molar-refractivity contribution is 0.700. The molecular formula is C12H15N5S. The van der Waals surface area contributed by atoms with Gasteiger partial charge in [-0.15, -0.1) is 5.10 Å². The lowest BCUT2D eigenvalue weighted by atomic mass is 10.2. The maximum atomic E-state index is 5.28. The molecule has 2 aromatic heterocycles. The van der Waals surface area contributed by atoms with Crippen LogP contribution in [0, 0.1) is 4.77 Å². The van der Waals surface area contributed by atoms with Crippen LogP contribution in [0.4, 0.5) is 5.95 Å². The van der Waals surface area contributed by atoms with E-state index in [2.05, 4.69) is 24.6 Å². The fourth-order valence-electron chi connectivity index (χ4n) is 2.06. The van der Waals surface area contributed by atoms with Gasteiger partial charge in [0.05, 0.1) is 0 Å². The molecule has 18 heavy (non-hydrogen) atoms. The van der Waals surface area contributed by atoms with E-state index >= 15 is 0 Å². The van der Waals surface area contributed by atoms with Crippen molar-refractivity contribution in [2.45, 2.75) is 25.4 Å². The van der Waals surface area contributed by atoms with Crippen LogP contribution in [-0.2, 0) is 6.54 Å². The quantitative estimate of drug-likeness (QED) is 0.858. The molecule has 6 heteroatoms. The molecule has 5 nitrogen and oxygen atoms in total. The second-order valence-electron chi connectivity index (χ2n) is 4.64. The predicted molar refractivity (Wildman–Crippen MR) is 72.0 cm³/mol. The topological polar surface area (TPSA) is 49.7 Å². The first-order valence-corrected chi connectivity index (χ1v) is 6.43. The molecular weight excluding hydrogens is 246 g/mol. The maximum absolute atomic E-state index is 5.28. The van der Waals surface area contributed by atoms with Gasteiger partial charge in [-0.25, -0.2) is 5.10 Å². The molecule has 0 amide bonds. The maximum Gasteiger partial charge on any atom is 0.226 e. The number of nitrogens with one attached hydrogen (secondary N) is 1. The van der Waals surface area contributed by atoms with Crippen LogP contribution in [0.3, 0.4) is 0 Å². The van der Waals surface area contributed by atoms with Crippen LogP contribution in [0.2, 0.25) is 0 Å². The van der Waals surface area contributed by atoms with Gasteiger partial charge in [-0.3, -0.25) is 9.55 Å². The van der Waals surface area contributed by atoms with E-state index in [0.29, 0.717) is 10.8 Å². The van der Waals surface area contributed by atoms with E-state index in [9.17, 15) is 0 Å². The van der Waals surface area contributed by atoms with E-state index in [-0.39, 0.29) is 0 Å². The summed E-state index contributed by atoms with van der Waals surface area (Å²) in [5.74, 6) is 0.916. The van der Waals surface area contributed by atoms with Gasteiger partial charge >= 0.3 is 0 Å². The summed E-state index contributed by atoms with van der Waals surface area (Å²) in [4.78, 5) is 6.13. The summed E-state index contributed by atoms with van der Waals surface area (Å²) in [5.41, 5.74) is 1.21. The van der Waals surface area contributed by atoms with Crippen LogP contribution in [0.1, 0.15) is 24.4 Å². The standard InChI is InChI=1S/C12H15N5S/c1-16(8-9-4-6-13-7-5-9)11-14-15-12(18)17(11)10-2-3-10/h4-7,10H,2-3,8H2,1H3,(H,15,18). The molecule has 0 unspecified atom stereocenters. The third-order valence-electron chi connectivity index (χ3n) is 3.11. The van der Waals surface area contributed by atoms with Gasteiger partial charge in [0.1, 0.15) is 0 Å². The molecule has 1 saturated carbocycles. The highest BCUT2D eigenvalue weighted by Gasteiger charge is 2.28. The minimum Gasteiger partial charge on any atom is -0.340 e. The summed E-state index contributed by atoms with van der Waals surface area (Å²) < 4.78 is 2.84. The lowest BCUT2D eigenvalue weighted by Crippen LogP contribution is -2.20. The Hall–Kier alpha value is -1.69. The van der Waals surface area contributed by atoms with Crippen molar-refractivity contribution in [1.82, 2.24) is 19.7 Å². The normalized spacial score (nSPS) is 14.7. The first-order valence-electron chi connectivity index (χ1n) is 6.02. The van der Waals surface area contributed by atoms with Gasteiger partial charge in [0.25, 0.3) is 0 Å². The Morgan fingerprint density at radius 2 is 2.17 bits per heavy atom. The lowest BCUT2D eigenvalue weighted by Gasteiger charge is -2.18. The van der Waals surface area contributed by atoms with Crippen molar-refractivity contribution in [3.05, 3.63) is 34.9 Å². The highest BCUT2D eigenvalue weighted by molar-refractivity contribution is 7.71. The van der Waals surface area contributed by atoms with Crippen LogP contribution >= 0.6 is 12.2 Å². The highest BCUT2D eigenvalue weighted by Crippen LogP contribution is 2.37. The fourth-order valence-corrected chi connectivity index (χ4v) is 2.34. The van der Waals surface area contributed by atoms with Crippen LogP contribution in [0.5, 0.6) is 0 Å². The molecule has 1 aliphatic rings. The largest absolute Gasteiger partial charge is 0.340 e. The van der Waals surface area contributed by atoms with Crippen molar-refractivity contribution in [2.24, 2.45) is 0 Å². The van der Waals surface area contributed by atoms with Crippen molar-refractivity contribution >= 4 is 18.2 Å². The van der Waals surface area contributed by atoms with Gasteiger partial charge in [0.15, 0.2) is 4.77 Å². The summed E-state index contributed by atoms with van der Waals surface area (Å²) in [5, 5.41) is 7.22. The molecule has 3 rings (SSSR count).